The molecule has 0 aliphatic rings. The van der Waals surface area contributed by atoms with E-state index in [1.807, 2.05) is 23.6 Å². The van der Waals surface area contributed by atoms with E-state index in [0.717, 1.165) is 14.0 Å². The third kappa shape index (κ3) is 2.81. The molecule has 3 aromatic rings. The number of hydrogen-bond acceptors (Lipinski definition) is 5. The van der Waals surface area contributed by atoms with Gasteiger partial charge in [-0.2, -0.15) is 0 Å². The van der Waals surface area contributed by atoms with Crippen molar-refractivity contribution >= 4 is 60.4 Å². The van der Waals surface area contributed by atoms with E-state index < -0.39 is 0 Å². The summed E-state index contributed by atoms with van der Waals surface area (Å²) in [5.41, 5.74) is 7.25. The number of hydrogen-bond donors (Lipinski definition) is 1. The molecule has 0 spiro atoms. The lowest BCUT2D eigenvalue weighted by Gasteiger charge is -2.15. The van der Waals surface area contributed by atoms with Crippen LogP contribution in [0.25, 0.3) is 10.2 Å². The predicted octanol–water partition coefficient (Wildman–Crippen LogP) is 3.97. The van der Waals surface area contributed by atoms with Crippen LogP contribution in [0.15, 0.2) is 34.2 Å². The average molecular weight is 382 g/mol. The second kappa shape index (κ2) is 5.75. The van der Waals surface area contributed by atoms with Crippen LogP contribution in [0, 0.1) is 0 Å². The molecule has 0 radical (unpaired) electrons. The lowest BCUT2D eigenvalue weighted by atomic mass is 10.3. The molecule has 0 saturated carbocycles. The second-order valence-corrected chi connectivity index (χ2v) is 7.55. The summed E-state index contributed by atoms with van der Waals surface area (Å²) in [6.45, 7) is 0.566. The Kier molecular flexibility index (Phi) is 3.97. The molecule has 0 fully saturated rings. The molecular weight excluding hydrogens is 370 g/mol. The molecule has 3 rings (SSSR count). The first kappa shape index (κ1) is 14.5. The average Bonchev–Trinajstić information content (AvgIpc) is 3.03. The normalized spacial score (nSPS) is 11.0. The molecule has 21 heavy (non-hydrogen) atoms. The maximum atomic E-state index is 12.6. The fourth-order valence-corrected chi connectivity index (χ4v) is 4.60. The smallest absolute Gasteiger partial charge is 0.266 e. The summed E-state index contributed by atoms with van der Waals surface area (Å²) in [5, 5.41) is 2.01. The van der Waals surface area contributed by atoms with Crippen LogP contribution in [0.2, 0.25) is 0 Å². The molecule has 0 atom stereocenters. The molecule has 0 aromatic carbocycles. The Morgan fingerprint density at radius 3 is 3.00 bits per heavy atom. The monoisotopic (exact) mass is 381 g/mol. The van der Waals surface area contributed by atoms with Gasteiger partial charge in [0.15, 0.2) is 0 Å². The largest absolute Gasteiger partial charge is 0.396 e. The summed E-state index contributed by atoms with van der Waals surface area (Å²) >= 11 is 6.43. The fraction of sp³-hybridized carbons (Fsp3) is 0.143. The minimum atomic E-state index is -0.0694. The number of aromatic nitrogens is 1. The highest BCUT2D eigenvalue weighted by Gasteiger charge is 2.20. The van der Waals surface area contributed by atoms with E-state index in [1.54, 1.807) is 29.5 Å². The van der Waals surface area contributed by atoms with Gasteiger partial charge in [-0.05, 0) is 34.1 Å². The van der Waals surface area contributed by atoms with E-state index >= 15 is 0 Å². The maximum absolute atomic E-state index is 12.6. The second-order valence-electron chi connectivity index (χ2n) is 4.59. The molecule has 3 heterocycles. The minimum Gasteiger partial charge on any atom is -0.396 e. The Morgan fingerprint density at radius 2 is 2.33 bits per heavy atom. The van der Waals surface area contributed by atoms with Crippen LogP contribution in [0.1, 0.15) is 14.5 Å². The van der Waals surface area contributed by atoms with Gasteiger partial charge in [-0.3, -0.25) is 9.78 Å². The van der Waals surface area contributed by atoms with Crippen molar-refractivity contribution in [2.24, 2.45) is 0 Å². The van der Waals surface area contributed by atoms with E-state index in [0.29, 0.717) is 22.6 Å². The number of nitrogens with zero attached hydrogens (tertiary/aromatic N) is 2. The molecule has 0 unspecified atom stereocenters. The van der Waals surface area contributed by atoms with Crippen molar-refractivity contribution in [3.63, 3.8) is 0 Å². The van der Waals surface area contributed by atoms with E-state index in [1.165, 1.54) is 11.3 Å². The Bertz CT molecular complexity index is 812. The number of halogens is 1. The lowest BCUT2D eigenvalue weighted by Crippen LogP contribution is -2.25. The van der Waals surface area contributed by atoms with E-state index in [-0.39, 0.29) is 5.91 Å². The zero-order chi connectivity index (χ0) is 15.0. The highest BCUT2D eigenvalue weighted by Crippen LogP contribution is 2.33. The molecule has 1 amide bonds. The van der Waals surface area contributed by atoms with Gasteiger partial charge in [0, 0.05) is 28.0 Å². The van der Waals surface area contributed by atoms with Crippen molar-refractivity contribution in [2.75, 3.05) is 12.8 Å². The number of nitrogens with two attached hydrogens (primary N) is 1. The number of nitrogen functional groups attached to an aromatic ring is 1. The molecule has 3 aromatic heterocycles. The van der Waals surface area contributed by atoms with Crippen LogP contribution in [-0.4, -0.2) is 22.8 Å². The molecule has 0 saturated heterocycles. The Labute approximate surface area is 138 Å². The molecule has 108 valence electrons. The summed E-state index contributed by atoms with van der Waals surface area (Å²) < 4.78 is 1.97. The van der Waals surface area contributed by atoms with Gasteiger partial charge in [0.05, 0.1) is 16.9 Å². The summed E-state index contributed by atoms with van der Waals surface area (Å²) in [4.78, 5) is 20.2. The van der Waals surface area contributed by atoms with Crippen molar-refractivity contribution in [3.8, 4) is 0 Å². The van der Waals surface area contributed by atoms with Crippen molar-refractivity contribution in [2.45, 2.75) is 6.54 Å². The third-order valence-electron chi connectivity index (χ3n) is 3.04. The number of fused-ring (bicyclic) bond motifs is 1. The van der Waals surface area contributed by atoms with E-state index in [4.69, 9.17) is 5.73 Å². The molecule has 7 heteroatoms. The summed E-state index contributed by atoms with van der Waals surface area (Å²) in [6.07, 6.45) is 1.69. The fourth-order valence-electron chi connectivity index (χ4n) is 2.02. The van der Waals surface area contributed by atoms with Crippen LogP contribution < -0.4 is 5.73 Å². The van der Waals surface area contributed by atoms with Crippen LogP contribution in [0.4, 0.5) is 5.69 Å². The van der Waals surface area contributed by atoms with Crippen LogP contribution in [0.3, 0.4) is 0 Å². The molecule has 0 aliphatic heterocycles. The quantitative estimate of drug-likeness (QED) is 0.746. The van der Waals surface area contributed by atoms with Gasteiger partial charge in [-0.15, -0.1) is 22.7 Å². The third-order valence-corrected chi connectivity index (χ3v) is 5.87. The Balaban J connectivity index is 1.87. The first-order valence-electron chi connectivity index (χ1n) is 6.17. The van der Waals surface area contributed by atoms with Gasteiger partial charge in [0.1, 0.15) is 10.4 Å². The van der Waals surface area contributed by atoms with E-state index in [2.05, 4.69) is 20.9 Å². The lowest BCUT2D eigenvalue weighted by molar-refractivity contribution is 0.0792. The number of carbonyl (C=O) groups is 1. The van der Waals surface area contributed by atoms with Gasteiger partial charge >= 0.3 is 0 Å². The molecular formula is C14H12BrN3OS2. The highest BCUT2D eigenvalue weighted by molar-refractivity contribution is 9.10. The first-order chi connectivity index (χ1) is 10.1. The number of amides is 1. The van der Waals surface area contributed by atoms with Gasteiger partial charge in [-0.25, -0.2) is 0 Å². The standard InChI is InChI=1S/C14H12BrN3OS2/c1-18(6-9-5-8(15)7-20-9)14(19)13-11(16)12-10(21-13)3-2-4-17-12/h2-5,7H,6,16H2,1H3. The van der Waals surface area contributed by atoms with Crippen LogP contribution in [0.5, 0.6) is 0 Å². The topological polar surface area (TPSA) is 59.2 Å². The maximum Gasteiger partial charge on any atom is 0.266 e. The summed E-state index contributed by atoms with van der Waals surface area (Å²) in [5.74, 6) is -0.0694. The number of carbonyl (C=O) groups excluding carboxylic acids is 1. The van der Waals surface area contributed by atoms with Crippen molar-refractivity contribution < 1.29 is 4.79 Å². The number of pyridine rings is 1. The van der Waals surface area contributed by atoms with Crippen LogP contribution >= 0.6 is 38.6 Å². The molecule has 2 N–H and O–H groups in total. The Morgan fingerprint density at radius 1 is 1.52 bits per heavy atom. The predicted molar refractivity (Wildman–Crippen MR) is 91.8 cm³/mol. The number of anilines is 1. The molecule has 4 nitrogen and oxygen atoms in total. The van der Waals surface area contributed by atoms with Gasteiger partial charge in [0.2, 0.25) is 0 Å². The van der Waals surface area contributed by atoms with Crippen molar-refractivity contribution in [3.05, 3.63) is 44.0 Å². The zero-order valence-corrected chi connectivity index (χ0v) is 14.4. The first-order valence-corrected chi connectivity index (χ1v) is 8.66. The van der Waals surface area contributed by atoms with Gasteiger partial charge < -0.3 is 10.6 Å². The highest BCUT2D eigenvalue weighted by atomic mass is 79.9. The van der Waals surface area contributed by atoms with Crippen LogP contribution in [-0.2, 0) is 6.54 Å². The molecule has 0 bridgehead atoms. The molecule has 0 aliphatic carbocycles. The van der Waals surface area contributed by atoms with Crippen molar-refractivity contribution in [1.82, 2.24) is 9.88 Å². The SMILES string of the molecule is CN(Cc1cc(Br)cs1)C(=O)c1sc2cccnc2c1N. The number of rotatable bonds is 3. The van der Waals surface area contributed by atoms with Gasteiger partial charge in [0.25, 0.3) is 5.91 Å². The van der Waals surface area contributed by atoms with Crippen molar-refractivity contribution in [1.29, 1.82) is 0 Å². The number of thiophene rings is 2. The summed E-state index contributed by atoms with van der Waals surface area (Å²) in [6, 6.07) is 5.79. The summed E-state index contributed by atoms with van der Waals surface area (Å²) in [7, 11) is 1.78. The van der Waals surface area contributed by atoms with Gasteiger partial charge in [-0.1, -0.05) is 0 Å². The Hall–Kier alpha value is -1.44. The zero-order valence-electron chi connectivity index (χ0n) is 11.2. The van der Waals surface area contributed by atoms with E-state index in [9.17, 15) is 4.79 Å². The minimum absolute atomic E-state index is 0.0694.